The van der Waals surface area contributed by atoms with Crippen molar-refractivity contribution in [2.45, 2.75) is 37.8 Å². The van der Waals surface area contributed by atoms with Crippen LogP contribution in [0.1, 0.15) is 37.3 Å². The van der Waals surface area contributed by atoms with Crippen LogP contribution in [-0.2, 0) is 4.79 Å². The summed E-state index contributed by atoms with van der Waals surface area (Å²) in [5, 5.41) is 3.35. The van der Waals surface area contributed by atoms with E-state index in [9.17, 15) is 4.79 Å². The van der Waals surface area contributed by atoms with Crippen molar-refractivity contribution in [3.05, 3.63) is 23.8 Å². The average Bonchev–Trinajstić information content (AvgIpc) is 2.97. The molecule has 0 saturated heterocycles. The van der Waals surface area contributed by atoms with Gasteiger partial charge in [-0.3, -0.25) is 10.1 Å². The minimum atomic E-state index is -0.529. The second-order valence-electron chi connectivity index (χ2n) is 5.09. The van der Waals surface area contributed by atoms with Crippen molar-refractivity contribution < 1.29 is 14.3 Å². The minimum Gasteiger partial charge on any atom is -0.497 e. The Hall–Kier alpha value is -1.75. The molecular formula is C15H22N2O3. The molecule has 1 aromatic rings. The molecule has 1 fully saturated rings. The highest BCUT2D eigenvalue weighted by Gasteiger charge is 2.26. The van der Waals surface area contributed by atoms with E-state index in [2.05, 4.69) is 5.32 Å². The van der Waals surface area contributed by atoms with E-state index in [4.69, 9.17) is 15.2 Å². The van der Waals surface area contributed by atoms with Gasteiger partial charge in [0.15, 0.2) is 0 Å². The van der Waals surface area contributed by atoms with Crippen molar-refractivity contribution >= 4 is 5.91 Å². The summed E-state index contributed by atoms with van der Waals surface area (Å²) in [5.41, 5.74) is 6.31. The molecule has 0 bridgehead atoms. The summed E-state index contributed by atoms with van der Waals surface area (Å²) in [6, 6.07) is 5.22. The fraction of sp³-hybridized carbons (Fsp3) is 0.533. The Bertz CT molecular complexity index is 470. The fourth-order valence-corrected chi connectivity index (χ4v) is 2.71. The van der Waals surface area contributed by atoms with Gasteiger partial charge in [0, 0.05) is 17.7 Å². The maximum absolute atomic E-state index is 11.8. The summed E-state index contributed by atoms with van der Waals surface area (Å²) in [6.45, 7) is 0. The molecule has 0 heterocycles. The van der Waals surface area contributed by atoms with Crippen molar-refractivity contribution in [3.63, 3.8) is 0 Å². The second kappa shape index (κ2) is 6.61. The monoisotopic (exact) mass is 278 g/mol. The summed E-state index contributed by atoms with van der Waals surface area (Å²) in [5.74, 6) is 0.911. The van der Waals surface area contributed by atoms with Gasteiger partial charge in [-0.25, -0.2) is 0 Å². The molecule has 1 amide bonds. The van der Waals surface area contributed by atoms with E-state index < -0.39 is 6.04 Å². The number of primary amides is 1. The first-order chi connectivity index (χ1) is 9.65. The fourth-order valence-electron chi connectivity index (χ4n) is 2.71. The molecule has 2 rings (SSSR count). The van der Waals surface area contributed by atoms with E-state index in [1.807, 2.05) is 12.1 Å². The van der Waals surface area contributed by atoms with E-state index in [1.165, 1.54) is 12.8 Å². The number of carbonyl (C=O) groups excluding carboxylic acids is 1. The first kappa shape index (κ1) is 14.7. The number of benzene rings is 1. The zero-order valence-corrected chi connectivity index (χ0v) is 12.0. The van der Waals surface area contributed by atoms with Crippen LogP contribution in [0.4, 0.5) is 0 Å². The Kier molecular flexibility index (Phi) is 4.84. The van der Waals surface area contributed by atoms with Crippen LogP contribution in [0.25, 0.3) is 0 Å². The molecule has 5 nitrogen and oxygen atoms in total. The topological polar surface area (TPSA) is 73.6 Å². The van der Waals surface area contributed by atoms with Gasteiger partial charge in [0.25, 0.3) is 0 Å². The van der Waals surface area contributed by atoms with Crippen LogP contribution in [0.5, 0.6) is 11.5 Å². The van der Waals surface area contributed by atoms with E-state index in [-0.39, 0.29) is 5.91 Å². The molecule has 3 N–H and O–H groups in total. The lowest BCUT2D eigenvalue weighted by Gasteiger charge is -2.22. The molecule has 1 atom stereocenters. The largest absolute Gasteiger partial charge is 0.497 e. The van der Waals surface area contributed by atoms with Crippen molar-refractivity contribution in [2.24, 2.45) is 5.73 Å². The maximum atomic E-state index is 11.8. The van der Waals surface area contributed by atoms with Gasteiger partial charge in [0.2, 0.25) is 5.91 Å². The zero-order valence-electron chi connectivity index (χ0n) is 12.0. The third-order valence-corrected chi connectivity index (χ3v) is 3.79. The number of ether oxygens (including phenoxy) is 2. The Morgan fingerprint density at radius 1 is 1.30 bits per heavy atom. The van der Waals surface area contributed by atoms with Crippen molar-refractivity contribution in [2.75, 3.05) is 14.2 Å². The summed E-state index contributed by atoms with van der Waals surface area (Å²) < 4.78 is 10.5. The van der Waals surface area contributed by atoms with Gasteiger partial charge in [0.1, 0.15) is 17.5 Å². The summed E-state index contributed by atoms with van der Waals surface area (Å²) in [6.07, 6.45) is 4.57. The van der Waals surface area contributed by atoms with Crippen molar-refractivity contribution in [1.82, 2.24) is 5.32 Å². The van der Waals surface area contributed by atoms with E-state index >= 15 is 0 Å². The summed E-state index contributed by atoms with van der Waals surface area (Å²) in [4.78, 5) is 11.8. The Balaban J connectivity index is 2.25. The molecule has 5 heteroatoms. The van der Waals surface area contributed by atoms with E-state index in [0.29, 0.717) is 17.5 Å². The third-order valence-electron chi connectivity index (χ3n) is 3.79. The van der Waals surface area contributed by atoms with Gasteiger partial charge in [-0.15, -0.1) is 0 Å². The number of carbonyl (C=O) groups is 1. The number of nitrogens with one attached hydrogen (secondary N) is 1. The summed E-state index contributed by atoms with van der Waals surface area (Å²) in [7, 11) is 3.17. The molecule has 110 valence electrons. The van der Waals surface area contributed by atoms with Crippen LogP contribution in [0, 0.1) is 0 Å². The molecule has 1 aliphatic carbocycles. The van der Waals surface area contributed by atoms with Gasteiger partial charge in [-0.05, 0) is 25.0 Å². The van der Waals surface area contributed by atoms with E-state index in [1.54, 1.807) is 20.3 Å². The van der Waals surface area contributed by atoms with Gasteiger partial charge in [0.05, 0.1) is 14.2 Å². The second-order valence-corrected chi connectivity index (χ2v) is 5.09. The Morgan fingerprint density at radius 2 is 2.00 bits per heavy atom. The van der Waals surface area contributed by atoms with Crippen LogP contribution >= 0.6 is 0 Å². The Labute approximate surface area is 119 Å². The number of amides is 1. The number of hydrogen-bond donors (Lipinski definition) is 2. The first-order valence-electron chi connectivity index (χ1n) is 6.93. The van der Waals surface area contributed by atoms with Crippen LogP contribution < -0.4 is 20.5 Å². The van der Waals surface area contributed by atoms with Gasteiger partial charge in [-0.1, -0.05) is 12.8 Å². The molecule has 1 aliphatic rings. The molecule has 1 saturated carbocycles. The lowest BCUT2D eigenvalue weighted by atomic mass is 10.0. The number of nitrogens with two attached hydrogens (primary N) is 1. The number of methoxy groups -OCH3 is 2. The predicted molar refractivity (Wildman–Crippen MR) is 76.9 cm³/mol. The standard InChI is InChI=1S/C15H22N2O3/c1-19-11-7-8-12(13(9-11)20-2)14(15(16)18)17-10-5-3-4-6-10/h7-10,14,17H,3-6H2,1-2H3,(H2,16,18). The van der Waals surface area contributed by atoms with Crippen molar-refractivity contribution in [1.29, 1.82) is 0 Å². The lowest BCUT2D eigenvalue weighted by molar-refractivity contribution is -0.120. The summed E-state index contributed by atoms with van der Waals surface area (Å²) >= 11 is 0. The van der Waals surface area contributed by atoms with Crippen LogP contribution in [-0.4, -0.2) is 26.2 Å². The predicted octanol–water partition coefficient (Wildman–Crippen LogP) is 1.76. The third kappa shape index (κ3) is 3.22. The van der Waals surface area contributed by atoms with Gasteiger partial charge in [-0.2, -0.15) is 0 Å². The molecule has 0 spiro atoms. The molecule has 1 aromatic carbocycles. The van der Waals surface area contributed by atoms with Gasteiger partial charge >= 0.3 is 0 Å². The Morgan fingerprint density at radius 3 is 2.55 bits per heavy atom. The lowest BCUT2D eigenvalue weighted by Crippen LogP contribution is -2.39. The number of rotatable bonds is 6. The highest BCUT2D eigenvalue weighted by molar-refractivity contribution is 5.82. The normalized spacial score (nSPS) is 16.9. The maximum Gasteiger partial charge on any atom is 0.239 e. The zero-order chi connectivity index (χ0) is 14.5. The van der Waals surface area contributed by atoms with Gasteiger partial charge < -0.3 is 15.2 Å². The van der Waals surface area contributed by atoms with Crippen LogP contribution in [0.2, 0.25) is 0 Å². The molecular weight excluding hydrogens is 256 g/mol. The van der Waals surface area contributed by atoms with Crippen LogP contribution in [0.3, 0.4) is 0 Å². The SMILES string of the molecule is COc1ccc(C(NC2CCCC2)C(N)=O)c(OC)c1. The molecule has 0 aromatic heterocycles. The highest BCUT2D eigenvalue weighted by Crippen LogP contribution is 2.31. The van der Waals surface area contributed by atoms with E-state index in [0.717, 1.165) is 18.4 Å². The van der Waals surface area contributed by atoms with Crippen LogP contribution in [0.15, 0.2) is 18.2 Å². The average molecular weight is 278 g/mol. The van der Waals surface area contributed by atoms with Crippen molar-refractivity contribution in [3.8, 4) is 11.5 Å². The molecule has 0 aliphatic heterocycles. The molecule has 1 unspecified atom stereocenters. The highest BCUT2D eigenvalue weighted by atomic mass is 16.5. The number of hydrogen-bond acceptors (Lipinski definition) is 4. The first-order valence-corrected chi connectivity index (χ1v) is 6.93. The molecule has 20 heavy (non-hydrogen) atoms. The molecule has 0 radical (unpaired) electrons. The minimum absolute atomic E-state index is 0.347. The smallest absolute Gasteiger partial charge is 0.239 e. The quantitative estimate of drug-likeness (QED) is 0.831.